The number of nitrogens with zero attached hydrogens (tertiary/aromatic N) is 1. The second kappa shape index (κ2) is 5.62. The van der Waals surface area contributed by atoms with E-state index in [1.165, 1.54) is 16.7 Å². The number of halogens is 1. The van der Waals surface area contributed by atoms with Gasteiger partial charge in [-0.1, -0.05) is 40.9 Å². The van der Waals surface area contributed by atoms with Gasteiger partial charge in [0, 0.05) is 12.2 Å². The number of hydrogen-bond donors (Lipinski definition) is 1. The van der Waals surface area contributed by atoms with E-state index in [0.717, 1.165) is 11.3 Å². The summed E-state index contributed by atoms with van der Waals surface area (Å²) >= 11 is 6.15. The third kappa shape index (κ3) is 3.27. The third-order valence-corrected chi connectivity index (χ3v) is 3.50. The molecule has 0 spiro atoms. The Kier molecular flexibility index (Phi) is 4.11. The first-order valence-corrected chi connectivity index (χ1v) is 6.81. The lowest BCUT2D eigenvalue weighted by molar-refractivity contribution is 0.876. The summed E-state index contributed by atoms with van der Waals surface area (Å²) in [6.45, 7) is 8.40. The molecule has 0 saturated carbocycles. The van der Waals surface area contributed by atoms with Gasteiger partial charge in [0.1, 0.15) is 0 Å². The molecule has 0 amide bonds. The third-order valence-electron chi connectivity index (χ3n) is 3.22. The monoisotopic (exact) mass is 274 g/mol. The zero-order valence-corrected chi connectivity index (χ0v) is 12.5. The Morgan fingerprint density at radius 2 is 1.74 bits per heavy atom. The Bertz CT molecular complexity index is 553. The summed E-state index contributed by atoms with van der Waals surface area (Å²) in [6.07, 6.45) is 1.73. The SMILES string of the molecule is Cc1cc(C)cc(C(C)Nc2c(C)ccnc2Cl)c1. The summed E-state index contributed by atoms with van der Waals surface area (Å²) in [5, 5.41) is 3.98. The lowest BCUT2D eigenvalue weighted by atomic mass is 10.0. The van der Waals surface area contributed by atoms with Crippen LogP contribution in [0.3, 0.4) is 0 Å². The van der Waals surface area contributed by atoms with Crippen LogP contribution in [0.25, 0.3) is 0 Å². The molecule has 0 aliphatic carbocycles. The molecule has 0 saturated heterocycles. The fourth-order valence-electron chi connectivity index (χ4n) is 2.26. The van der Waals surface area contributed by atoms with Crippen molar-refractivity contribution < 1.29 is 0 Å². The second-order valence-electron chi connectivity index (χ2n) is 5.08. The van der Waals surface area contributed by atoms with Crippen molar-refractivity contribution in [2.24, 2.45) is 0 Å². The molecule has 1 aromatic carbocycles. The van der Waals surface area contributed by atoms with Crippen molar-refractivity contribution in [3.8, 4) is 0 Å². The van der Waals surface area contributed by atoms with Crippen molar-refractivity contribution in [3.63, 3.8) is 0 Å². The molecule has 1 atom stereocenters. The van der Waals surface area contributed by atoms with Gasteiger partial charge in [-0.25, -0.2) is 4.98 Å². The van der Waals surface area contributed by atoms with Crippen molar-refractivity contribution in [3.05, 3.63) is 57.9 Å². The van der Waals surface area contributed by atoms with E-state index < -0.39 is 0 Å². The molecule has 0 radical (unpaired) electrons. The number of pyridine rings is 1. The summed E-state index contributed by atoms with van der Waals surface area (Å²) < 4.78 is 0. The molecule has 2 nitrogen and oxygen atoms in total. The van der Waals surface area contributed by atoms with Gasteiger partial charge in [0.2, 0.25) is 0 Å². The molecule has 0 fully saturated rings. The van der Waals surface area contributed by atoms with E-state index in [-0.39, 0.29) is 6.04 Å². The maximum Gasteiger partial charge on any atom is 0.152 e. The highest BCUT2D eigenvalue weighted by molar-refractivity contribution is 6.32. The number of hydrogen-bond acceptors (Lipinski definition) is 2. The molecule has 1 aromatic heterocycles. The Morgan fingerprint density at radius 1 is 1.11 bits per heavy atom. The van der Waals surface area contributed by atoms with Crippen LogP contribution in [0.15, 0.2) is 30.5 Å². The van der Waals surface area contributed by atoms with Gasteiger partial charge in [0.05, 0.1) is 5.69 Å². The van der Waals surface area contributed by atoms with E-state index in [0.29, 0.717) is 5.15 Å². The van der Waals surface area contributed by atoms with Crippen LogP contribution < -0.4 is 5.32 Å². The van der Waals surface area contributed by atoms with Crippen LogP contribution in [0.5, 0.6) is 0 Å². The van der Waals surface area contributed by atoms with Crippen LogP contribution in [0, 0.1) is 20.8 Å². The number of anilines is 1. The van der Waals surface area contributed by atoms with E-state index in [1.807, 2.05) is 13.0 Å². The second-order valence-corrected chi connectivity index (χ2v) is 5.44. The minimum Gasteiger partial charge on any atom is -0.376 e. The first-order chi connectivity index (χ1) is 8.97. The van der Waals surface area contributed by atoms with Gasteiger partial charge in [-0.15, -0.1) is 0 Å². The standard InChI is InChI=1S/C16H19ClN2/c1-10-7-11(2)9-14(8-10)13(4)19-15-12(3)5-6-18-16(15)17/h5-9,13,19H,1-4H3. The van der Waals surface area contributed by atoms with Crippen LogP contribution in [0.2, 0.25) is 5.15 Å². The molecule has 2 aromatic rings. The molecule has 0 bridgehead atoms. The molecule has 19 heavy (non-hydrogen) atoms. The summed E-state index contributed by atoms with van der Waals surface area (Å²) in [6, 6.07) is 8.73. The average molecular weight is 275 g/mol. The predicted molar refractivity (Wildman–Crippen MR) is 81.9 cm³/mol. The highest BCUT2D eigenvalue weighted by atomic mass is 35.5. The van der Waals surface area contributed by atoms with Gasteiger partial charge in [-0.2, -0.15) is 0 Å². The predicted octanol–water partition coefficient (Wildman–Crippen LogP) is 4.83. The fraction of sp³-hybridized carbons (Fsp3) is 0.312. The van der Waals surface area contributed by atoms with Crippen molar-refractivity contribution >= 4 is 17.3 Å². The lowest BCUT2D eigenvalue weighted by Crippen LogP contribution is -2.09. The van der Waals surface area contributed by atoms with E-state index in [4.69, 9.17) is 11.6 Å². The van der Waals surface area contributed by atoms with Crippen LogP contribution in [-0.2, 0) is 0 Å². The average Bonchev–Trinajstić information content (AvgIpc) is 2.32. The highest BCUT2D eigenvalue weighted by Gasteiger charge is 2.11. The van der Waals surface area contributed by atoms with E-state index in [1.54, 1.807) is 6.20 Å². The van der Waals surface area contributed by atoms with E-state index in [9.17, 15) is 0 Å². The molecule has 3 heteroatoms. The number of aromatic nitrogens is 1. The number of aryl methyl sites for hydroxylation is 3. The number of benzene rings is 1. The lowest BCUT2D eigenvalue weighted by Gasteiger charge is -2.19. The number of rotatable bonds is 3. The number of nitrogens with one attached hydrogen (secondary N) is 1. The van der Waals surface area contributed by atoms with E-state index in [2.05, 4.69) is 49.3 Å². The molecular formula is C16H19ClN2. The Morgan fingerprint density at radius 3 is 2.32 bits per heavy atom. The Labute approximate surface area is 119 Å². The Hall–Kier alpha value is -1.54. The fourth-order valence-corrected chi connectivity index (χ4v) is 2.52. The first kappa shape index (κ1) is 13.9. The highest BCUT2D eigenvalue weighted by Crippen LogP contribution is 2.28. The molecule has 1 N–H and O–H groups in total. The van der Waals surface area contributed by atoms with Gasteiger partial charge < -0.3 is 5.32 Å². The minimum atomic E-state index is 0.194. The normalized spacial score (nSPS) is 12.3. The van der Waals surface area contributed by atoms with Gasteiger partial charge in [-0.05, 0) is 44.9 Å². The molecule has 1 unspecified atom stereocenters. The van der Waals surface area contributed by atoms with Crippen LogP contribution >= 0.6 is 11.6 Å². The molecule has 1 heterocycles. The van der Waals surface area contributed by atoms with Crippen molar-refractivity contribution in [1.29, 1.82) is 0 Å². The molecule has 2 rings (SSSR count). The van der Waals surface area contributed by atoms with E-state index >= 15 is 0 Å². The summed E-state index contributed by atoms with van der Waals surface area (Å²) in [7, 11) is 0. The summed E-state index contributed by atoms with van der Waals surface area (Å²) in [5.74, 6) is 0. The molecule has 100 valence electrons. The van der Waals surface area contributed by atoms with Crippen LogP contribution in [0.1, 0.15) is 35.2 Å². The first-order valence-electron chi connectivity index (χ1n) is 6.43. The molecule has 0 aliphatic rings. The Balaban J connectivity index is 2.28. The molecule has 0 aliphatic heterocycles. The van der Waals surface area contributed by atoms with Gasteiger partial charge in [0.25, 0.3) is 0 Å². The summed E-state index contributed by atoms with van der Waals surface area (Å²) in [4.78, 5) is 4.12. The van der Waals surface area contributed by atoms with Gasteiger partial charge in [-0.3, -0.25) is 0 Å². The quantitative estimate of drug-likeness (QED) is 0.811. The summed E-state index contributed by atoms with van der Waals surface area (Å²) in [5.41, 5.74) is 5.83. The zero-order chi connectivity index (χ0) is 14.0. The van der Waals surface area contributed by atoms with Crippen LogP contribution in [-0.4, -0.2) is 4.98 Å². The topological polar surface area (TPSA) is 24.9 Å². The van der Waals surface area contributed by atoms with Crippen molar-refractivity contribution in [2.75, 3.05) is 5.32 Å². The molecular weight excluding hydrogens is 256 g/mol. The van der Waals surface area contributed by atoms with Gasteiger partial charge in [0.15, 0.2) is 5.15 Å². The van der Waals surface area contributed by atoms with Crippen LogP contribution in [0.4, 0.5) is 5.69 Å². The zero-order valence-electron chi connectivity index (χ0n) is 11.8. The van der Waals surface area contributed by atoms with Crippen molar-refractivity contribution in [2.45, 2.75) is 33.7 Å². The van der Waals surface area contributed by atoms with Crippen molar-refractivity contribution in [1.82, 2.24) is 4.98 Å². The maximum absolute atomic E-state index is 6.15. The largest absolute Gasteiger partial charge is 0.376 e. The maximum atomic E-state index is 6.15. The minimum absolute atomic E-state index is 0.194. The van der Waals surface area contributed by atoms with Gasteiger partial charge >= 0.3 is 0 Å². The smallest absolute Gasteiger partial charge is 0.152 e.